The number of rotatable bonds is 8. The van der Waals surface area contributed by atoms with Gasteiger partial charge in [0.25, 0.3) is 0 Å². The van der Waals surface area contributed by atoms with Crippen LogP contribution in [0.15, 0.2) is 90.0 Å². The van der Waals surface area contributed by atoms with Crippen LogP contribution in [0.4, 0.5) is 10.5 Å². The van der Waals surface area contributed by atoms with Crippen LogP contribution in [-0.2, 0) is 26.9 Å². The van der Waals surface area contributed by atoms with Crippen LogP contribution < -0.4 is 9.62 Å². The number of hydrogen-bond acceptors (Lipinski definition) is 6. The number of hydrogen-bond donors (Lipinski definition) is 2. The summed E-state index contributed by atoms with van der Waals surface area (Å²) in [7, 11) is -2.16. The Labute approximate surface area is 210 Å². The highest BCUT2D eigenvalue weighted by molar-refractivity contribution is 7.89. The van der Waals surface area contributed by atoms with Crippen molar-refractivity contribution >= 4 is 21.8 Å². The number of ether oxygens (including phenoxy) is 1. The number of benzene rings is 3. The SMILES string of the molecule is CN(C(=O)OCc1ccccc1)c1cccc(-c2ccc(S(=O)(=O)NC(C)(C)c3cn[nH]n3)cc2)c1. The summed E-state index contributed by atoms with van der Waals surface area (Å²) in [5.74, 6) is 0. The fourth-order valence-electron chi connectivity index (χ4n) is 3.59. The monoisotopic (exact) mass is 505 g/mol. The zero-order valence-electron chi connectivity index (χ0n) is 20.2. The van der Waals surface area contributed by atoms with Gasteiger partial charge < -0.3 is 4.74 Å². The van der Waals surface area contributed by atoms with Gasteiger partial charge in [-0.25, -0.2) is 13.2 Å². The first-order valence-corrected chi connectivity index (χ1v) is 12.7. The first-order chi connectivity index (χ1) is 17.2. The Balaban J connectivity index is 1.46. The number of carbonyl (C=O) groups excluding carboxylic acids is 1. The van der Waals surface area contributed by atoms with Crippen molar-refractivity contribution in [2.45, 2.75) is 30.9 Å². The fraction of sp³-hybridized carbons (Fsp3) is 0.192. The Morgan fingerprint density at radius 1 is 1.00 bits per heavy atom. The molecule has 0 aliphatic carbocycles. The van der Waals surface area contributed by atoms with E-state index in [0.29, 0.717) is 11.4 Å². The molecule has 0 unspecified atom stereocenters. The second-order valence-corrected chi connectivity index (χ2v) is 10.4. The number of H-pyrrole nitrogens is 1. The van der Waals surface area contributed by atoms with Crippen LogP contribution in [0.2, 0.25) is 0 Å². The third-order valence-corrected chi connectivity index (χ3v) is 7.33. The summed E-state index contributed by atoms with van der Waals surface area (Å²) in [6.45, 7) is 3.61. The van der Waals surface area contributed by atoms with Gasteiger partial charge in [-0.3, -0.25) is 4.90 Å². The van der Waals surface area contributed by atoms with Crippen LogP contribution in [0.5, 0.6) is 0 Å². The highest BCUT2D eigenvalue weighted by Gasteiger charge is 2.30. The molecule has 0 aliphatic rings. The van der Waals surface area contributed by atoms with E-state index in [1.54, 1.807) is 45.2 Å². The third kappa shape index (κ3) is 5.78. The molecule has 186 valence electrons. The van der Waals surface area contributed by atoms with Crippen molar-refractivity contribution < 1.29 is 17.9 Å². The Morgan fingerprint density at radius 2 is 1.72 bits per heavy atom. The largest absolute Gasteiger partial charge is 0.444 e. The predicted molar refractivity (Wildman–Crippen MR) is 137 cm³/mol. The predicted octanol–water partition coefficient (Wildman–Crippen LogP) is 4.46. The third-order valence-electron chi connectivity index (χ3n) is 5.66. The molecule has 10 heteroatoms. The average Bonchev–Trinajstić information content (AvgIpc) is 3.43. The highest BCUT2D eigenvalue weighted by Crippen LogP contribution is 2.27. The van der Waals surface area contributed by atoms with Crippen LogP contribution >= 0.6 is 0 Å². The maximum Gasteiger partial charge on any atom is 0.414 e. The lowest BCUT2D eigenvalue weighted by Gasteiger charge is -2.23. The summed E-state index contributed by atoms with van der Waals surface area (Å²) in [4.78, 5) is 14.1. The normalized spacial score (nSPS) is 11.8. The summed E-state index contributed by atoms with van der Waals surface area (Å²) >= 11 is 0. The summed E-state index contributed by atoms with van der Waals surface area (Å²) in [6, 6.07) is 23.4. The molecule has 0 atom stereocenters. The molecular weight excluding hydrogens is 478 g/mol. The molecule has 0 saturated heterocycles. The zero-order valence-corrected chi connectivity index (χ0v) is 21.0. The molecule has 0 bridgehead atoms. The molecule has 0 aliphatic heterocycles. The maximum atomic E-state index is 12.9. The van der Waals surface area contributed by atoms with Crippen LogP contribution in [-0.4, -0.2) is 37.0 Å². The molecule has 36 heavy (non-hydrogen) atoms. The Bertz CT molecular complexity index is 1420. The first-order valence-electron chi connectivity index (χ1n) is 11.2. The Kier molecular flexibility index (Phi) is 7.18. The van der Waals surface area contributed by atoms with Crippen molar-refractivity contribution in [3.63, 3.8) is 0 Å². The number of aromatic amines is 1. The zero-order chi connectivity index (χ0) is 25.8. The van der Waals surface area contributed by atoms with E-state index in [4.69, 9.17) is 4.74 Å². The van der Waals surface area contributed by atoms with Gasteiger partial charge in [-0.05, 0) is 54.8 Å². The van der Waals surface area contributed by atoms with Crippen molar-refractivity contribution in [2.75, 3.05) is 11.9 Å². The molecule has 0 fully saturated rings. The van der Waals surface area contributed by atoms with E-state index in [9.17, 15) is 13.2 Å². The fourth-order valence-corrected chi connectivity index (χ4v) is 4.98. The minimum Gasteiger partial charge on any atom is -0.444 e. The van der Waals surface area contributed by atoms with Gasteiger partial charge in [0.1, 0.15) is 12.3 Å². The lowest BCUT2D eigenvalue weighted by molar-refractivity contribution is 0.148. The van der Waals surface area contributed by atoms with E-state index < -0.39 is 21.7 Å². The second kappa shape index (κ2) is 10.3. The van der Waals surface area contributed by atoms with Crippen molar-refractivity contribution in [3.05, 3.63) is 96.3 Å². The van der Waals surface area contributed by atoms with E-state index >= 15 is 0 Å². The van der Waals surface area contributed by atoms with Gasteiger partial charge in [-0.2, -0.15) is 20.1 Å². The van der Waals surface area contributed by atoms with E-state index in [1.807, 2.05) is 54.6 Å². The molecule has 4 rings (SSSR count). The van der Waals surface area contributed by atoms with Crippen molar-refractivity contribution in [1.82, 2.24) is 20.1 Å². The van der Waals surface area contributed by atoms with Crippen LogP contribution in [0.25, 0.3) is 11.1 Å². The molecule has 1 aromatic heterocycles. The van der Waals surface area contributed by atoms with Gasteiger partial charge in [-0.1, -0.05) is 54.6 Å². The summed E-state index contributed by atoms with van der Waals surface area (Å²) < 4.78 is 34.0. The minimum atomic E-state index is -3.81. The smallest absolute Gasteiger partial charge is 0.414 e. The molecule has 2 N–H and O–H groups in total. The first kappa shape index (κ1) is 25.1. The number of nitrogens with zero attached hydrogens (tertiary/aromatic N) is 3. The molecule has 0 saturated carbocycles. The molecule has 0 spiro atoms. The van der Waals surface area contributed by atoms with E-state index in [-0.39, 0.29) is 11.5 Å². The molecular formula is C26H27N5O4S. The van der Waals surface area contributed by atoms with Gasteiger partial charge >= 0.3 is 6.09 Å². The van der Waals surface area contributed by atoms with Crippen molar-refractivity contribution in [3.8, 4) is 11.1 Å². The van der Waals surface area contributed by atoms with Crippen LogP contribution in [0, 0.1) is 0 Å². The molecule has 3 aromatic carbocycles. The van der Waals surface area contributed by atoms with E-state index in [1.165, 1.54) is 11.1 Å². The van der Waals surface area contributed by atoms with Crippen molar-refractivity contribution in [1.29, 1.82) is 0 Å². The number of carbonyl (C=O) groups is 1. The van der Waals surface area contributed by atoms with Gasteiger partial charge in [0.05, 0.1) is 16.6 Å². The highest BCUT2D eigenvalue weighted by atomic mass is 32.2. The van der Waals surface area contributed by atoms with E-state index in [2.05, 4.69) is 20.1 Å². The Morgan fingerprint density at radius 3 is 2.39 bits per heavy atom. The lowest BCUT2D eigenvalue weighted by Crippen LogP contribution is -2.41. The molecule has 1 heterocycles. The number of amides is 1. The number of nitrogens with one attached hydrogen (secondary N) is 2. The summed E-state index contributed by atoms with van der Waals surface area (Å²) in [5.41, 5.74) is 2.72. The number of anilines is 1. The number of sulfonamides is 1. The van der Waals surface area contributed by atoms with Gasteiger partial charge in [0, 0.05) is 12.7 Å². The molecule has 1 amide bonds. The lowest BCUT2D eigenvalue weighted by atomic mass is 10.0. The van der Waals surface area contributed by atoms with Gasteiger partial charge in [-0.15, -0.1) is 0 Å². The minimum absolute atomic E-state index is 0.126. The average molecular weight is 506 g/mol. The van der Waals surface area contributed by atoms with Gasteiger partial charge in [0.15, 0.2) is 0 Å². The second-order valence-electron chi connectivity index (χ2n) is 8.76. The summed E-state index contributed by atoms with van der Waals surface area (Å²) in [5, 5.41) is 10.2. The molecule has 0 radical (unpaired) electrons. The van der Waals surface area contributed by atoms with Crippen molar-refractivity contribution in [2.24, 2.45) is 0 Å². The van der Waals surface area contributed by atoms with Crippen LogP contribution in [0.1, 0.15) is 25.1 Å². The Hall–Kier alpha value is -4.02. The maximum absolute atomic E-state index is 12.9. The number of aromatic nitrogens is 3. The molecule has 4 aromatic rings. The quantitative estimate of drug-likeness (QED) is 0.365. The van der Waals surface area contributed by atoms with E-state index in [0.717, 1.165) is 16.7 Å². The standard InChI is InChI=1S/C26H27N5O4S/c1-26(2,24-17-27-30-28-24)29-36(33,34)23-14-12-20(13-15-23)21-10-7-11-22(16-21)31(3)25(32)35-18-19-8-5-4-6-9-19/h4-17,29H,18H2,1-3H3,(H,27,28,30). The molecule has 9 nitrogen and oxygen atoms in total. The van der Waals surface area contributed by atoms with Crippen LogP contribution in [0.3, 0.4) is 0 Å². The van der Waals surface area contributed by atoms with Gasteiger partial charge in [0.2, 0.25) is 10.0 Å². The topological polar surface area (TPSA) is 117 Å². The summed E-state index contributed by atoms with van der Waals surface area (Å²) in [6.07, 6.45) is 1.01.